The summed E-state index contributed by atoms with van der Waals surface area (Å²) in [6, 6.07) is 21.2. The molecule has 2 N–H and O–H groups in total. The van der Waals surface area contributed by atoms with Gasteiger partial charge in [-0.15, -0.1) is 0 Å². The van der Waals surface area contributed by atoms with Gasteiger partial charge in [-0.25, -0.2) is 4.39 Å². The number of ketones is 1. The number of allylic oxidation sites excluding steroid dienone is 3. The van der Waals surface area contributed by atoms with Crippen molar-refractivity contribution in [3.05, 3.63) is 112 Å². The number of hydrogen-bond acceptors (Lipinski definition) is 5. The van der Waals surface area contributed by atoms with Gasteiger partial charge in [0.2, 0.25) is 6.79 Å². The van der Waals surface area contributed by atoms with Crippen LogP contribution in [0.25, 0.3) is 0 Å². The number of carbonyl (C=O) groups is 2. The van der Waals surface area contributed by atoms with E-state index in [1.807, 2.05) is 55.5 Å². The molecule has 3 aromatic carbocycles. The van der Waals surface area contributed by atoms with Crippen molar-refractivity contribution in [1.29, 1.82) is 0 Å². The van der Waals surface area contributed by atoms with E-state index in [0.29, 0.717) is 46.9 Å². The normalized spacial score (nSPS) is 20.4. The van der Waals surface area contributed by atoms with E-state index in [0.717, 1.165) is 16.8 Å². The number of fused-ring (bicyclic) bond motifs is 1. The van der Waals surface area contributed by atoms with Gasteiger partial charge in [-0.2, -0.15) is 0 Å². The molecule has 0 spiro atoms. The summed E-state index contributed by atoms with van der Waals surface area (Å²) in [7, 11) is 0. The van der Waals surface area contributed by atoms with Crippen molar-refractivity contribution < 1.29 is 23.5 Å². The van der Waals surface area contributed by atoms with Gasteiger partial charge in [0, 0.05) is 40.6 Å². The molecular weight excluding hydrogens is 471 g/mol. The molecule has 0 saturated heterocycles. The Kier molecular flexibility index (Phi) is 5.75. The van der Waals surface area contributed by atoms with Crippen LogP contribution in [-0.4, -0.2) is 18.5 Å². The Labute approximate surface area is 213 Å². The molecule has 6 rings (SSSR count). The Hall–Kier alpha value is -4.39. The first-order valence-corrected chi connectivity index (χ1v) is 12.2. The third-order valence-corrected chi connectivity index (χ3v) is 7.18. The highest BCUT2D eigenvalue weighted by Crippen LogP contribution is 2.47. The fraction of sp³-hybridized carbons (Fsp3) is 0.200. The lowest BCUT2D eigenvalue weighted by Crippen LogP contribution is -2.37. The van der Waals surface area contributed by atoms with Crippen LogP contribution in [0.4, 0.5) is 10.1 Å². The summed E-state index contributed by atoms with van der Waals surface area (Å²) in [6.07, 6.45) is 1.02. The Balaban J connectivity index is 1.42. The van der Waals surface area contributed by atoms with Gasteiger partial charge >= 0.3 is 0 Å². The van der Waals surface area contributed by atoms with Gasteiger partial charge in [0.25, 0.3) is 5.91 Å². The number of anilines is 1. The molecule has 3 aromatic rings. The summed E-state index contributed by atoms with van der Waals surface area (Å²) in [5.41, 5.74) is 4.90. The number of halogens is 1. The molecule has 2 aliphatic heterocycles. The van der Waals surface area contributed by atoms with E-state index in [1.165, 1.54) is 24.3 Å². The van der Waals surface area contributed by atoms with Crippen molar-refractivity contribution in [2.75, 3.05) is 12.1 Å². The van der Waals surface area contributed by atoms with Crippen LogP contribution in [0.3, 0.4) is 0 Å². The number of carbonyl (C=O) groups excluding carboxylic acids is 2. The molecule has 1 aliphatic carbocycles. The second kappa shape index (κ2) is 9.24. The number of Topliss-reactive ketones (excluding diaryl/α,β-unsaturated/α-hetero) is 1. The molecule has 0 aromatic heterocycles. The van der Waals surface area contributed by atoms with Crippen LogP contribution in [0.15, 0.2) is 95.3 Å². The summed E-state index contributed by atoms with van der Waals surface area (Å²) in [4.78, 5) is 27.4. The second-order valence-electron chi connectivity index (χ2n) is 9.50. The van der Waals surface area contributed by atoms with E-state index in [-0.39, 0.29) is 30.2 Å². The average molecular weight is 497 g/mol. The molecule has 0 bridgehead atoms. The average Bonchev–Trinajstić information content (AvgIpc) is 3.37. The zero-order valence-corrected chi connectivity index (χ0v) is 20.2. The highest BCUT2D eigenvalue weighted by molar-refractivity contribution is 6.10. The summed E-state index contributed by atoms with van der Waals surface area (Å²) < 4.78 is 24.5. The molecule has 0 saturated carbocycles. The highest BCUT2D eigenvalue weighted by atomic mass is 19.1. The first-order chi connectivity index (χ1) is 18.0. The summed E-state index contributed by atoms with van der Waals surface area (Å²) >= 11 is 0. The predicted octanol–water partition coefficient (Wildman–Crippen LogP) is 5.55. The third-order valence-electron chi connectivity index (χ3n) is 7.18. The molecule has 6 nitrogen and oxygen atoms in total. The zero-order chi connectivity index (χ0) is 25.5. The number of amides is 1. The maximum absolute atomic E-state index is 13.8. The van der Waals surface area contributed by atoms with E-state index in [9.17, 15) is 14.0 Å². The first kappa shape index (κ1) is 23.0. The molecule has 0 unspecified atom stereocenters. The van der Waals surface area contributed by atoms with Crippen LogP contribution in [-0.2, 0) is 9.59 Å². The van der Waals surface area contributed by atoms with E-state index >= 15 is 0 Å². The molecule has 186 valence electrons. The van der Waals surface area contributed by atoms with Crippen molar-refractivity contribution in [3.63, 3.8) is 0 Å². The minimum absolute atomic E-state index is 0.00449. The van der Waals surface area contributed by atoms with Crippen molar-refractivity contribution in [2.45, 2.75) is 31.6 Å². The van der Waals surface area contributed by atoms with Crippen molar-refractivity contribution in [1.82, 2.24) is 5.32 Å². The molecule has 0 radical (unpaired) electrons. The zero-order valence-electron chi connectivity index (χ0n) is 20.2. The van der Waals surface area contributed by atoms with E-state index in [1.54, 1.807) is 0 Å². The molecule has 2 heterocycles. The Morgan fingerprint density at radius 1 is 0.946 bits per heavy atom. The van der Waals surface area contributed by atoms with E-state index < -0.39 is 5.92 Å². The maximum atomic E-state index is 13.8. The predicted molar refractivity (Wildman–Crippen MR) is 137 cm³/mol. The smallest absolute Gasteiger partial charge is 0.254 e. The lowest BCUT2D eigenvalue weighted by Gasteiger charge is -2.37. The third kappa shape index (κ3) is 4.27. The maximum Gasteiger partial charge on any atom is 0.254 e. The minimum Gasteiger partial charge on any atom is -0.454 e. The van der Waals surface area contributed by atoms with Gasteiger partial charge in [-0.05, 0) is 66.8 Å². The Bertz CT molecular complexity index is 1460. The summed E-state index contributed by atoms with van der Waals surface area (Å²) in [6.45, 7) is 1.98. The Morgan fingerprint density at radius 2 is 1.70 bits per heavy atom. The molecule has 0 fully saturated rings. The van der Waals surface area contributed by atoms with Crippen LogP contribution in [0.2, 0.25) is 0 Å². The number of benzene rings is 3. The van der Waals surface area contributed by atoms with Gasteiger partial charge in [0.05, 0.1) is 0 Å². The minimum atomic E-state index is -0.588. The van der Waals surface area contributed by atoms with E-state index in [4.69, 9.17) is 9.47 Å². The molecule has 7 heteroatoms. The first-order valence-electron chi connectivity index (χ1n) is 12.2. The van der Waals surface area contributed by atoms with Crippen LogP contribution in [0.1, 0.15) is 42.7 Å². The molecule has 2 atom stereocenters. The van der Waals surface area contributed by atoms with Crippen LogP contribution in [0.5, 0.6) is 11.5 Å². The molecule has 37 heavy (non-hydrogen) atoms. The van der Waals surface area contributed by atoms with Gasteiger partial charge in [-0.1, -0.05) is 36.4 Å². The summed E-state index contributed by atoms with van der Waals surface area (Å²) in [5, 5.41) is 6.26. The SMILES string of the molecule is CC1=C(C(=O)Nc2ccc(F)cc2)[C@H](c2ccc3c(c2)OCO3)C2=C(C[C@@H](c3ccccc3)CC2=O)N1. The molecular formula is C30H25FN2O4. The van der Waals surface area contributed by atoms with Crippen molar-refractivity contribution in [3.8, 4) is 11.5 Å². The van der Waals surface area contributed by atoms with Crippen molar-refractivity contribution in [2.24, 2.45) is 0 Å². The van der Waals surface area contributed by atoms with Gasteiger partial charge in [0.1, 0.15) is 5.82 Å². The topological polar surface area (TPSA) is 76.7 Å². The monoisotopic (exact) mass is 496 g/mol. The molecule has 1 amide bonds. The Morgan fingerprint density at radius 3 is 2.49 bits per heavy atom. The second-order valence-corrected chi connectivity index (χ2v) is 9.50. The van der Waals surface area contributed by atoms with Gasteiger partial charge in [-0.3, -0.25) is 9.59 Å². The molecule has 3 aliphatic rings. The quantitative estimate of drug-likeness (QED) is 0.495. The van der Waals surface area contributed by atoms with Gasteiger partial charge < -0.3 is 20.1 Å². The fourth-order valence-electron chi connectivity index (χ4n) is 5.46. The number of rotatable bonds is 4. The fourth-order valence-corrected chi connectivity index (χ4v) is 5.46. The number of dihydropyridines is 1. The van der Waals surface area contributed by atoms with Crippen LogP contribution in [0, 0.1) is 5.82 Å². The lowest BCUT2D eigenvalue weighted by atomic mass is 9.71. The largest absolute Gasteiger partial charge is 0.454 e. The number of nitrogens with one attached hydrogen (secondary N) is 2. The lowest BCUT2D eigenvalue weighted by molar-refractivity contribution is -0.116. The number of ether oxygens (including phenoxy) is 2. The van der Waals surface area contributed by atoms with Gasteiger partial charge in [0.15, 0.2) is 17.3 Å². The van der Waals surface area contributed by atoms with Crippen LogP contribution >= 0.6 is 0 Å². The number of hydrogen-bond donors (Lipinski definition) is 2. The standard InChI is InChI=1S/C30H25FN2O4/c1-17-27(30(35)33-22-10-8-21(31)9-11-22)28(19-7-12-25-26(15-19)37-16-36-25)29-23(32-17)13-20(14-24(29)34)18-5-3-2-4-6-18/h2-12,15,20,28,32H,13-14,16H2,1H3,(H,33,35)/t20-,28+/m1/s1. The van der Waals surface area contributed by atoms with Crippen LogP contribution < -0.4 is 20.1 Å². The van der Waals surface area contributed by atoms with E-state index in [2.05, 4.69) is 10.6 Å². The highest BCUT2D eigenvalue weighted by Gasteiger charge is 2.41. The van der Waals surface area contributed by atoms with Crippen molar-refractivity contribution >= 4 is 17.4 Å². The summed E-state index contributed by atoms with van der Waals surface area (Å²) in [5.74, 6) is -0.0612.